The van der Waals surface area contributed by atoms with E-state index in [4.69, 9.17) is 9.47 Å². The lowest BCUT2D eigenvalue weighted by molar-refractivity contribution is -0.385. The van der Waals surface area contributed by atoms with Crippen LogP contribution in [0, 0.1) is 10.1 Å². The Kier molecular flexibility index (Phi) is 6.13. The number of nitro groups is 1. The summed E-state index contributed by atoms with van der Waals surface area (Å²) in [4.78, 5) is 22.4. The van der Waals surface area contributed by atoms with Gasteiger partial charge in [-0.2, -0.15) is 0 Å². The molecule has 2 rings (SSSR count). The highest BCUT2D eigenvalue weighted by molar-refractivity contribution is 5.95. The molecule has 7 nitrogen and oxygen atoms in total. The van der Waals surface area contributed by atoms with Gasteiger partial charge in [-0.05, 0) is 30.7 Å². The van der Waals surface area contributed by atoms with E-state index >= 15 is 0 Å². The molecule has 0 spiro atoms. The van der Waals surface area contributed by atoms with Crippen LogP contribution in [0.25, 0.3) is 0 Å². The van der Waals surface area contributed by atoms with Crippen molar-refractivity contribution < 1.29 is 19.2 Å². The Bertz CT molecular complexity index is 703. The zero-order chi connectivity index (χ0) is 17.4. The summed E-state index contributed by atoms with van der Waals surface area (Å²) in [5, 5.41) is 13.7. The topological polar surface area (TPSA) is 90.7 Å². The molecule has 0 fully saturated rings. The lowest BCUT2D eigenvalue weighted by Crippen LogP contribution is -2.25. The van der Waals surface area contributed by atoms with Gasteiger partial charge in [-0.3, -0.25) is 14.9 Å². The molecule has 0 heterocycles. The van der Waals surface area contributed by atoms with Crippen molar-refractivity contribution in [2.45, 2.75) is 6.42 Å². The van der Waals surface area contributed by atoms with Crippen LogP contribution in [0.2, 0.25) is 0 Å². The van der Waals surface area contributed by atoms with Crippen LogP contribution in [-0.4, -0.2) is 31.1 Å². The lowest BCUT2D eigenvalue weighted by atomic mass is 10.1. The average molecular weight is 330 g/mol. The van der Waals surface area contributed by atoms with E-state index in [9.17, 15) is 14.9 Å². The molecule has 0 unspecified atom stereocenters. The van der Waals surface area contributed by atoms with Crippen LogP contribution in [0.1, 0.15) is 16.8 Å². The number of benzene rings is 2. The van der Waals surface area contributed by atoms with Gasteiger partial charge in [0.25, 0.3) is 5.91 Å². The normalized spacial score (nSPS) is 10.0. The maximum atomic E-state index is 12.0. The number of ether oxygens (including phenoxy) is 2. The number of nitrogens with one attached hydrogen (secondary N) is 1. The van der Waals surface area contributed by atoms with Gasteiger partial charge in [-0.25, -0.2) is 0 Å². The molecule has 1 N–H and O–H groups in total. The first-order valence-electron chi connectivity index (χ1n) is 7.40. The largest absolute Gasteiger partial charge is 0.494 e. The van der Waals surface area contributed by atoms with E-state index in [-0.39, 0.29) is 22.9 Å². The standard InChI is InChI=1S/C17H18N2O5/c1-23-16-9-8-13(12-15(16)19(21)22)17(20)18-10-5-11-24-14-6-3-2-4-7-14/h2-4,6-9,12H,5,10-11H2,1H3,(H,18,20). The minimum absolute atomic E-state index is 0.118. The summed E-state index contributed by atoms with van der Waals surface area (Å²) in [5.41, 5.74) is -0.0240. The minimum Gasteiger partial charge on any atom is -0.494 e. The van der Waals surface area contributed by atoms with Crippen LogP contribution in [0.5, 0.6) is 11.5 Å². The Morgan fingerprint density at radius 3 is 2.62 bits per heavy atom. The van der Waals surface area contributed by atoms with Crippen molar-refractivity contribution in [2.24, 2.45) is 0 Å². The molecular weight excluding hydrogens is 312 g/mol. The second kappa shape index (κ2) is 8.52. The number of amides is 1. The van der Waals surface area contributed by atoms with Crippen LogP contribution in [0.3, 0.4) is 0 Å². The summed E-state index contributed by atoms with van der Waals surface area (Å²) in [5.74, 6) is 0.517. The number of hydrogen-bond acceptors (Lipinski definition) is 5. The smallest absolute Gasteiger partial charge is 0.311 e. The molecular formula is C17H18N2O5. The van der Waals surface area contributed by atoms with Gasteiger partial charge in [-0.15, -0.1) is 0 Å². The van der Waals surface area contributed by atoms with Gasteiger partial charge in [-0.1, -0.05) is 18.2 Å². The predicted molar refractivity (Wildman–Crippen MR) is 88.5 cm³/mol. The number of methoxy groups -OCH3 is 1. The van der Waals surface area contributed by atoms with Crippen molar-refractivity contribution >= 4 is 11.6 Å². The van der Waals surface area contributed by atoms with Crippen LogP contribution in [0.4, 0.5) is 5.69 Å². The fourth-order valence-corrected chi connectivity index (χ4v) is 2.06. The van der Waals surface area contributed by atoms with E-state index in [1.807, 2.05) is 30.3 Å². The van der Waals surface area contributed by atoms with Gasteiger partial charge in [0.15, 0.2) is 5.75 Å². The van der Waals surface area contributed by atoms with Crippen molar-refractivity contribution in [2.75, 3.05) is 20.3 Å². The fourth-order valence-electron chi connectivity index (χ4n) is 2.06. The zero-order valence-corrected chi connectivity index (χ0v) is 13.2. The maximum absolute atomic E-state index is 12.0. The number of hydrogen-bond donors (Lipinski definition) is 1. The van der Waals surface area contributed by atoms with Crippen molar-refractivity contribution in [1.82, 2.24) is 5.32 Å². The number of carbonyl (C=O) groups excluding carboxylic acids is 1. The van der Waals surface area contributed by atoms with Crippen LogP contribution in [0.15, 0.2) is 48.5 Å². The Morgan fingerprint density at radius 1 is 1.21 bits per heavy atom. The third-order valence-electron chi connectivity index (χ3n) is 3.26. The van der Waals surface area contributed by atoms with E-state index in [1.54, 1.807) is 0 Å². The van der Waals surface area contributed by atoms with E-state index < -0.39 is 4.92 Å². The molecule has 0 saturated carbocycles. The third kappa shape index (κ3) is 4.70. The van der Waals surface area contributed by atoms with E-state index in [1.165, 1.54) is 25.3 Å². The number of carbonyl (C=O) groups is 1. The van der Waals surface area contributed by atoms with E-state index in [2.05, 4.69) is 5.32 Å². The first-order valence-corrected chi connectivity index (χ1v) is 7.40. The summed E-state index contributed by atoms with van der Waals surface area (Å²) in [6.07, 6.45) is 0.624. The molecule has 0 bridgehead atoms. The molecule has 1 amide bonds. The molecule has 0 radical (unpaired) electrons. The van der Waals surface area contributed by atoms with Crippen molar-refractivity contribution in [3.63, 3.8) is 0 Å². The quantitative estimate of drug-likeness (QED) is 0.456. The summed E-state index contributed by atoms with van der Waals surface area (Å²) in [7, 11) is 1.34. The Morgan fingerprint density at radius 2 is 1.96 bits per heavy atom. The number of nitro benzene ring substituents is 1. The molecule has 0 aliphatic heterocycles. The average Bonchev–Trinajstić information content (AvgIpc) is 2.61. The molecule has 7 heteroatoms. The number of rotatable bonds is 8. The van der Waals surface area contributed by atoms with Gasteiger partial charge in [0.05, 0.1) is 18.6 Å². The second-order valence-corrected chi connectivity index (χ2v) is 4.91. The molecule has 24 heavy (non-hydrogen) atoms. The fraction of sp³-hybridized carbons (Fsp3) is 0.235. The zero-order valence-electron chi connectivity index (χ0n) is 13.2. The first-order chi connectivity index (χ1) is 11.6. The lowest BCUT2D eigenvalue weighted by Gasteiger charge is -2.08. The summed E-state index contributed by atoms with van der Waals surface area (Å²) in [6.45, 7) is 0.874. The monoisotopic (exact) mass is 330 g/mol. The molecule has 2 aromatic carbocycles. The summed E-state index contributed by atoms with van der Waals surface area (Å²) >= 11 is 0. The Hall–Kier alpha value is -3.09. The maximum Gasteiger partial charge on any atom is 0.311 e. The van der Waals surface area contributed by atoms with Crippen molar-refractivity contribution in [3.8, 4) is 11.5 Å². The Balaban J connectivity index is 1.82. The second-order valence-electron chi connectivity index (χ2n) is 4.91. The number of nitrogens with zero attached hydrogens (tertiary/aromatic N) is 1. The third-order valence-corrected chi connectivity index (χ3v) is 3.26. The van der Waals surface area contributed by atoms with Crippen LogP contribution >= 0.6 is 0 Å². The SMILES string of the molecule is COc1ccc(C(=O)NCCCOc2ccccc2)cc1[N+](=O)[O-]. The number of para-hydroxylation sites is 1. The first kappa shape index (κ1) is 17.3. The Labute approximate surface area is 139 Å². The molecule has 0 aliphatic rings. The highest BCUT2D eigenvalue weighted by Crippen LogP contribution is 2.27. The van der Waals surface area contributed by atoms with Gasteiger partial charge in [0.2, 0.25) is 0 Å². The molecule has 0 aliphatic carbocycles. The van der Waals surface area contributed by atoms with E-state index in [0.717, 1.165) is 5.75 Å². The molecule has 0 aromatic heterocycles. The summed E-state index contributed by atoms with van der Waals surface area (Å²) in [6, 6.07) is 13.5. The molecule has 0 atom stereocenters. The van der Waals surface area contributed by atoms with Gasteiger partial charge < -0.3 is 14.8 Å². The van der Waals surface area contributed by atoms with Crippen LogP contribution in [-0.2, 0) is 0 Å². The van der Waals surface area contributed by atoms with Crippen molar-refractivity contribution in [1.29, 1.82) is 0 Å². The summed E-state index contributed by atoms with van der Waals surface area (Å²) < 4.78 is 10.4. The van der Waals surface area contributed by atoms with Gasteiger partial charge in [0, 0.05) is 18.2 Å². The van der Waals surface area contributed by atoms with Crippen molar-refractivity contribution in [3.05, 3.63) is 64.2 Å². The van der Waals surface area contributed by atoms with Gasteiger partial charge >= 0.3 is 5.69 Å². The highest BCUT2D eigenvalue weighted by atomic mass is 16.6. The molecule has 0 saturated heterocycles. The van der Waals surface area contributed by atoms with Crippen LogP contribution < -0.4 is 14.8 Å². The minimum atomic E-state index is -0.580. The predicted octanol–water partition coefficient (Wildman–Crippen LogP) is 2.80. The van der Waals surface area contributed by atoms with Gasteiger partial charge in [0.1, 0.15) is 5.75 Å². The highest BCUT2D eigenvalue weighted by Gasteiger charge is 2.17. The molecule has 126 valence electrons. The molecule has 2 aromatic rings. The van der Waals surface area contributed by atoms with E-state index in [0.29, 0.717) is 19.6 Å².